The van der Waals surface area contributed by atoms with E-state index in [0.717, 1.165) is 28.9 Å². The van der Waals surface area contributed by atoms with Crippen LogP contribution in [0.4, 0.5) is 14.5 Å². The van der Waals surface area contributed by atoms with E-state index in [2.05, 4.69) is 34.9 Å². The molecule has 0 fully saturated rings. The van der Waals surface area contributed by atoms with Crippen molar-refractivity contribution in [3.63, 3.8) is 0 Å². The molecule has 4 rings (SSSR count). The van der Waals surface area contributed by atoms with Crippen molar-refractivity contribution in [3.8, 4) is 22.5 Å². The number of anilines is 1. The zero-order valence-corrected chi connectivity index (χ0v) is 20.3. The van der Waals surface area contributed by atoms with E-state index in [4.69, 9.17) is 0 Å². The maximum absolute atomic E-state index is 14.1. The van der Waals surface area contributed by atoms with Crippen molar-refractivity contribution in [3.05, 3.63) is 114 Å². The molecule has 0 radical (unpaired) electrons. The summed E-state index contributed by atoms with van der Waals surface area (Å²) in [6.07, 6.45) is 4.31. The largest absolute Gasteiger partial charge is 0.326 e. The Kier molecular flexibility index (Phi) is 7.34. The van der Waals surface area contributed by atoms with Gasteiger partial charge < -0.3 is 5.32 Å². The molecule has 1 heterocycles. The Morgan fingerprint density at radius 3 is 2.19 bits per heavy atom. The van der Waals surface area contributed by atoms with E-state index in [1.54, 1.807) is 24.5 Å². The van der Waals surface area contributed by atoms with E-state index in [9.17, 15) is 13.6 Å². The van der Waals surface area contributed by atoms with Crippen LogP contribution >= 0.6 is 0 Å². The van der Waals surface area contributed by atoms with E-state index in [-0.39, 0.29) is 23.5 Å². The summed E-state index contributed by atoms with van der Waals surface area (Å²) in [6, 6.07) is 21.3. The van der Waals surface area contributed by atoms with Crippen LogP contribution in [0, 0.1) is 0 Å². The molecule has 0 atom stereocenters. The standard InChI is InChI=1S/C30H27F2N3O/c1-4-22-7-5-6-8-26(22)29-28(33-17-18-34-29)23-11-15-25(16-12-23)35-27(36)19-21-9-13-24(14-10-21)30(31,32)20(2)3/h5-18H,2,4,19H2,1,3H3,(H,35,36). The lowest BCUT2D eigenvalue weighted by Crippen LogP contribution is -2.16. The number of amides is 1. The smallest absolute Gasteiger partial charge is 0.294 e. The average molecular weight is 484 g/mol. The maximum atomic E-state index is 14.1. The van der Waals surface area contributed by atoms with Crippen LogP contribution in [0.15, 0.2) is 97.3 Å². The number of benzene rings is 3. The van der Waals surface area contributed by atoms with Crippen molar-refractivity contribution in [1.82, 2.24) is 9.97 Å². The summed E-state index contributed by atoms with van der Waals surface area (Å²) in [5, 5.41) is 2.86. The molecule has 0 saturated heterocycles. The predicted octanol–water partition coefficient (Wildman–Crippen LogP) is 7.22. The Balaban J connectivity index is 1.47. The number of allylic oxidation sites excluding steroid dienone is 1. The lowest BCUT2D eigenvalue weighted by Gasteiger charge is -2.16. The van der Waals surface area contributed by atoms with Gasteiger partial charge in [0, 0.05) is 34.8 Å². The summed E-state index contributed by atoms with van der Waals surface area (Å²) in [6.45, 7) is 6.76. The fraction of sp³-hybridized carbons (Fsp3) is 0.167. The fourth-order valence-electron chi connectivity index (χ4n) is 3.99. The minimum atomic E-state index is -3.09. The first-order valence-electron chi connectivity index (χ1n) is 11.7. The highest BCUT2D eigenvalue weighted by atomic mass is 19.3. The Morgan fingerprint density at radius 2 is 1.56 bits per heavy atom. The van der Waals surface area contributed by atoms with Gasteiger partial charge in [-0.3, -0.25) is 14.8 Å². The first-order valence-corrected chi connectivity index (χ1v) is 11.7. The van der Waals surface area contributed by atoms with Crippen molar-refractivity contribution >= 4 is 11.6 Å². The van der Waals surface area contributed by atoms with Crippen LogP contribution < -0.4 is 5.32 Å². The Labute approximate surface area is 209 Å². The number of aryl methyl sites for hydroxylation is 1. The van der Waals surface area contributed by atoms with E-state index >= 15 is 0 Å². The topological polar surface area (TPSA) is 54.9 Å². The summed E-state index contributed by atoms with van der Waals surface area (Å²) in [4.78, 5) is 21.7. The summed E-state index contributed by atoms with van der Waals surface area (Å²) in [5.41, 5.74) is 5.62. The molecule has 0 saturated carbocycles. The third-order valence-corrected chi connectivity index (χ3v) is 6.01. The summed E-state index contributed by atoms with van der Waals surface area (Å²) < 4.78 is 28.2. The average Bonchev–Trinajstić information content (AvgIpc) is 2.89. The highest BCUT2D eigenvalue weighted by Crippen LogP contribution is 2.34. The number of nitrogens with zero attached hydrogens (tertiary/aromatic N) is 2. The molecule has 1 amide bonds. The van der Waals surface area contributed by atoms with Crippen molar-refractivity contribution in [2.75, 3.05) is 5.32 Å². The zero-order chi connectivity index (χ0) is 25.7. The molecule has 0 aliphatic carbocycles. The maximum Gasteiger partial charge on any atom is 0.294 e. The third-order valence-electron chi connectivity index (χ3n) is 6.01. The first kappa shape index (κ1) is 24.9. The summed E-state index contributed by atoms with van der Waals surface area (Å²) >= 11 is 0. The number of nitrogens with one attached hydrogen (secondary N) is 1. The van der Waals surface area contributed by atoms with Crippen LogP contribution in [0.2, 0.25) is 0 Å². The number of alkyl halides is 2. The van der Waals surface area contributed by atoms with Crippen molar-refractivity contribution in [1.29, 1.82) is 0 Å². The normalized spacial score (nSPS) is 11.2. The molecule has 0 unspecified atom stereocenters. The van der Waals surface area contributed by atoms with Crippen LogP contribution in [-0.2, 0) is 23.6 Å². The minimum Gasteiger partial charge on any atom is -0.326 e. The first-order chi connectivity index (χ1) is 17.3. The number of carbonyl (C=O) groups excluding carboxylic acids is 1. The molecule has 0 aliphatic rings. The lowest BCUT2D eigenvalue weighted by atomic mass is 9.98. The number of halogens is 2. The molecule has 182 valence electrons. The molecule has 0 bridgehead atoms. The molecule has 1 aromatic heterocycles. The molecule has 0 spiro atoms. The van der Waals surface area contributed by atoms with Gasteiger partial charge in [-0.1, -0.05) is 74.2 Å². The molecular weight excluding hydrogens is 456 g/mol. The Hall–Kier alpha value is -4.19. The van der Waals surface area contributed by atoms with Crippen molar-refractivity contribution < 1.29 is 13.6 Å². The van der Waals surface area contributed by atoms with Crippen molar-refractivity contribution in [2.45, 2.75) is 32.6 Å². The quantitative estimate of drug-likeness (QED) is 0.269. The van der Waals surface area contributed by atoms with Crippen LogP contribution in [-0.4, -0.2) is 15.9 Å². The number of hydrogen-bond donors (Lipinski definition) is 1. The predicted molar refractivity (Wildman–Crippen MR) is 140 cm³/mol. The summed E-state index contributed by atoms with van der Waals surface area (Å²) in [7, 11) is 0. The van der Waals surface area contributed by atoms with Gasteiger partial charge in [-0.2, -0.15) is 8.78 Å². The van der Waals surface area contributed by atoms with E-state index in [1.807, 2.05) is 42.5 Å². The minimum absolute atomic E-state index is 0.0722. The van der Waals surface area contributed by atoms with Gasteiger partial charge in [0.15, 0.2) is 0 Å². The van der Waals surface area contributed by atoms with Gasteiger partial charge in [-0.05, 0) is 42.2 Å². The zero-order valence-electron chi connectivity index (χ0n) is 20.3. The highest BCUT2D eigenvalue weighted by Gasteiger charge is 2.32. The van der Waals surface area contributed by atoms with Crippen LogP contribution in [0.1, 0.15) is 30.5 Å². The van der Waals surface area contributed by atoms with Crippen molar-refractivity contribution in [2.24, 2.45) is 0 Å². The van der Waals surface area contributed by atoms with E-state index in [0.29, 0.717) is 11.3 Å². The fourth-order valence-corrected chi connectivity index (χ4v) is 3.99. The van der Waals surface area contributed by atoms with Crippen LogP contribution in [0.3, 0.4) is 0 Å². The molecular formula is C30H27F2N3O. The van der Waals surface area contributed by atoms with E-state index < -0.39 is 5.92 Å². The van der Waals surface area contributed by atoms with Gasteiger partial charge in [0.1, 0.15) is 0 Å². The van der Waals surface area contributed by atoms with Crippen LogP contribution in [0.25, 0.3) is 22.5 Å². The lowest BCUT2D eigenvalue weighted by molar-refractivity contribution is -0.115. The second-order valence-electron chi connectivity index (χ2n) is 8.62. The molecule has 1 N–H and O–H groups in total. The molecule has 3 aromatic carbocycles. The Bertz CT molecular complexity index is 1380. The van der Waals surface area contributed by atoms with Gasteiger partial charge in [-0.15, -0.1) is 0 Å². The summed E-state index contributed by atoms with van der Waals surface area (Å²) in [5.74, 6) is -3.33. The van der Waals surface area contributed by atoms with Gasteiger partial charge in [-0.25, -0.2) is 0 Å². The molecule has 0 aliphatic heterocycles. The van der Waals surface area contributed by atoms with Gasteiger partial charge in [0.25, 0.3) is 5.92 Å². The number of rotatable bonds is 8. The number of hydrogen-bond acceptors (Lipinski definition) is 3. The monoisotopic (exact) mass is 483 g/mol. The van der Waals surface area contributed by atoms with Gasteiger partial charge in [0.2, 0.25) is 5.91 Å². The number of aromatic nitrogens is 2. The highest BCUT2D eigenvalue weighted by molar-refractivity contribution is 5.92. The van der Waals surface area contributed by atoms with Crippen LogP contribution in [0.5, 0.6) is 0 Å². The second kappa shape index (κ2) is 10.6. The Morgan fingerprint density at radius 1 is 0.917 bits per heavy atom. The molecule has 6 heteroatoms. The third kappa shape index (κ3) is 5.38. The molecule has 4 aromatic rings. The van der Waals surface area contributed by atoms with E-state index in [1.165, 1.54) is 24.6 Å². The second-order valence-corrected chi connectivity index (χ2v) is 8.62. The molecule has 36 heavy (non-hydrogen) atoms. The number of carbonyl (C=O) groups is 1. The van der Waals surface area contributed by atoms with Gasteiger partial charge in [0.05, 0.1) is 17.8 Å². The SMILES string of the molecule is C=C(C)C(F)(F)c1ccc(CC(=O)Nc2ccc(-c3nccnc3-c3ccccc3CC)cc2)cc1. The van der Waals surface area contributed by atoms with Gasteiger partial charge >= 0.3 is 0 Å². The molecule has 4 nitrogen and oxygen atoms in total.